The minimum atomic E-state index is -0.115. The van der Waals surface area contributed by atoms with Crippen LogP contribution in [0.3, 0.4) is 0 Å². The standard InChI is InChI=1S/C18H21BrN2O/c19-17-12-5-4-11-16(17)14-21-18(22)20-13-7-6-10-15-8-2-1-3-9-15/h1-5,8-9,11-12H,6-7,10,13-14H2,(H2,20,21,22). The van der Waals surface area contributed by atoms with Gasteiger partial charge in [0, 0.05) is 17.6 Å². The first kappa shape index (κ1) is 16.6. The molecule has 0 aromatic heterocycles. The van der Waals surface area contributed by atoms with Gasteiger partial charge in [0.2, 0.25) is 0 Å². The van der Waals surface area contributed by atoms with Gasteiger partial charge in [0.05, 0.1) is 0 Å². The van der Waals surface area contributed by atoms with Gasteiger partial charge in [-0.3, -0.25) is 0 Å². The van der Waals surface area contributed by atoms with Crippen molar-refractivity contribution in [2.24, 2.45) is 0 Å². The SMILES string of the molecule is O=C(NCCCCc1ccccc1)NCc1ccccc1Br. The van der Waals surface area contributed by atoms with E-state index in [1.165, 1.54) is 5.56 Å². The first-order valence-corrected chi connectivity index (χ1v) is 8.34. The number of hydrogen-bond donors (Lipinski definition) is 2. The third kappa shape index (κ3) is 5.90. The number of amides is 2. The highest BCUT2D eigenvalue weighted by Crippen LogP contribution is 2.15. The van der Waals surface area contributed by atoms with Gasteiger partial charge in [0.25, 0.3) is 0 Å². The quantitative estimate of drug-likeness (QED) is 0.711. The van der Waals surface area contributed by atoms with Gasteiger partial charge in [-0.2, -0.15) is 0 Å². The summed E-state index contributed by atoms with van der Waals surface area (Å²) in [5, 5.41) is 5.76. The van der Waals surface area contributed by atoms with Gasteiger partial charge in [0.1, 0.15) is 0 Å². The van der Waals surface area contributed by atoms with Crippen LogP contribution in [0.1, 0.15) is 24.0 Å². The number of carbonyl (C=O) groups is 1. The third-order valence-corrected chi connectivity index (χ3v) is 4.19. The maximum Gasteiger partial charge on any atom is 0.315 e. The van der Waals surface area contributed by atoms with E-state index in [2.05, 4.69) is 50.8 Å². The van der Waals surface area contributed by atoms with Crippen molar-refractivity contribution < 1.29 is 4.79 Å². The predicted molar refractivity (Wildman–Crippen MR) is 93.8 cm³/mol. The zero-order valence-electron chi connectivity index (χ0n) is 12.5. The van der Waals surface area contributed by atoms with Gasteiger partial charge < -0.3 is 10.6 Å². The van der Waals surface area contributed by atoms with Crippen molar-refractivity contribution in [2.45, 2.75) is 25.8 Å². The largest absolute Gasteiger partial charge is 0.338 e. The van der Waals surface area contributed by atoms with Crippen LogP contribution in [0.5, 0.6) is 0 Å². The van der Waals surface area contributed by atoms with Gasteiger partial charge in [0.15, 0.2) is 0 Å². The minimum absolute atomic E-state index is 0.115. The number of unbranched alkanes of at least 4 members (excludes halogenated alkanes) is 1. The molecule has 4 heteroatoms. The average Bonchev–Trinajstić information content (AvgIpc) is 2.55. The van der Waals surface area contributed by atoms with Gasteiger partial charge in [-0.05, 0) is 36.5 Å². The summed E-state index contributed by atoms with van der Waals surface area (Å²) in [5.41, 5.74) is 2.42. The van der Waals surface area contributed by atoms with Crippen LogP contribution in [0.25, 0.3) is 0 Å². The lowest BCUT2D eigenvalue weighted by atomic mass is 10.1. The molecule has 0 spiro atoms. The average molecular weight is 361 g/mol. The Morgan fingerprint density at radius 2 is 1.64 bits per heavy atom. The topological polar surface area (TPSA) is 41.1 Å². The summed E-state index contributed by atoms with van der Waals surface area (Å²) in [6.07, 6.45) is 3.12. The monoisotopic (exact) mass is 360 g/mol. The van der Waals surface area contributed by atoms with E-state index < -0.39 is 0 Å². The fourth-order valence-corrected chi connectivity index (χ4v) is 2.61. The molecule has 22 heavy (non-hydrogen) atoms. The van der Waals surface area contributed by atoms with Crippen molar-refractivity contribution in [3.63, 3.8) is 0 Å². The second-order valence-corrected chi connectivity index (χ2v) is 6.00. The fraction of sp³-hybridized carbons (Fsp3) is 0.278. The van der Waals surface area contributed by atoms with Crippen molar-refractivity contribution in [3.8, 4) is 0 Å². The Morgan fingerprint density at radius 3 is 2.41 bits per heavy atom. The van der Waals surface area contributed by atoms with Gasteiger partial charge in [-0.1, -0.05) is 64.5 Å². The summed E-state index contributed by atoms with van der Waals surface area (Å²) in [6.45, 7) is 1.23. The van der Waals surface area contributed by atoms with Crippen molar-refractivity contribution in [1.82, 2.24) is 10.6 Å². The molecule has 0 bridgehead atoms. The lowest BCUT2D eigenvalue weighted by Gasteiger charge is -2.09. The summed E-state index contributed by atoms with van der Waals surface area (Å²) < 4.78 is 1.01. The number of carbonyl (C=O) groups excluding carboxylic acids is 1. The summed E-state index contributed by atoms with van der Waals surface area (Å²) in [7, 11) is 0. The van der Waals surface area contributed by atoms with Crippen LogP contribution in [0.15, 0.2) is 59.1 Å². The summed E-state index contributed by atoms with van der Waals surface area (Å²) >= 11 is 3.47. The highest BCUT2D eigenvalue weighted by Gasteiger charge is 2.02. The molecule has 0 heterocycles. The summed E-state index contributed by atoms with van der Waals surface area (Å²) in [6, 6.07) is 18.2. The summed E-state index contributed by atoms with van der Waals surface area (Å²) in [5.74, 6) is 0. The molecule has 0 aliphatic rings. The molecule has 0 saturated heterocycles. The molecule has 2 aromatic carbocycles. The highest BCUT2D eigenvalue weighted by atomic mass is 79.9. The molecule has 0 radical (unpaired) electrons. The molecular weight excluding hydrogens is 340 g/mol. The smallest absolute Gasteiger partial charge is 0.315 e. The predicted octanol–water partition coefficient (Wildman–Crippen LogP) is 4.27. The minimum Gasteiger partial charge on any atom is -0.338 e. The van der Waals surface area contributed by atoms with Crippen molar-refractivity contribution in [2.75, 3.05) is 6.54 Å². The van der Waals surface area contributed by atoms with Gasteiger partial charge in [-0.25, -0.2) is 4.79 Å². The van der Waals surface area contributed by atoms with Crippen LogP contribution in [-0.4, -0.2) is 12.6 Å². The third-order valence-electron chi connectivity index (χ3n) is 3.42. The molecule has 2 amide bonds. The molecule has 2 aromatic rings. The second-order valence-electron chi connectivity index (χ2n) is 5.14. The van der Waals surface area contributed by atoms with Crippen LogP contribution in [0.4, 0.5) is 4.79 Å². The number of nitrogens with one attached hydrogen (secondary N) is 2. The Bertz CT molecular complexity index is 587. The number of halogens is 1. The Labute approximate surface area is 140 Å². The Balaban J connectivity index is 1.57. The molecule has 0 saturated carbocycles. The number of hydrogen-bond acceptors (Lipinski definition) is 1. The first-order chi connectivity index (χ1) is 10.8. The molecule has 0 unspecified atom stereocenters. The highest BCUT2D eigenvalue weighted by molar-refractivity contribution is 9.10. The lowest BCUT2D eigenvalue weighted by Crippen LogP contribution is -2.35. The number of benzene rings is 2. The maximum atomic E-state index is 11.7. The maximum absolute atomic E-state index is 11.7. The second kappa shape index (κ2) is 9.26. The lowest BCUT2D eigenvalue weighted by molar-refractivity contribution is 0.240. The van der Waals surface area contributed by atoms with Crippen LogP contribution in [-0.2, 0) is 13.0 Å². The van der Waals surface area contributed by atoms with Crippen molar-refractivity contribution >= 4 is 22.0 Å². The van der Waals surface area contributed by atoms with Crippen LogP contribution in [0, 0.1) is 0 Å². The molecule has 0 aliphatic carbocycles. The van der Waals surface area contributed by atoms with Crippen LogP contribution in [0.2, 0.25) is 0 Å². The molecule has 0 atom stereocenters. The molecule has 0 fully saturated rings. The molecule has 116 valence electrons. The molecular formula is C18H21BrN2O. The first-order valence-electron chi connectivity index (χ1n) is 7.55. The Kier molecular flexibility index (Phi) is 6.97. The fourth-order valence-electron chi connectivity index (χ4n) is 2.18. The van der Waals surface area contributed by atoms with Crippen molar-refractivity contribution in [3.05, 3.63) is 70.2 Å². The zero-order chi connectivity index (χ0) is 15.6. The van der Waals surface area contributed by atoms with E-state index in [1.54, 1.807) is 0 Å². The Hall–Kier alpha value is -1.81. The van der Waals surface area contributed by atoms with Gasteiger partial charge in [-0.15, -0.1) is 0 Å². The molecule has 0 aliphatic heterocycles. The van der Waals surface area contributed by atoms with Crippen LogP contribution >= 0.6 is 15.9 Å². The van der Waals surface area contributed by atoms with Gasteiger partial charge >= 0.3 is 6.03 Å². The van der Waals surface area contributed by atoms with E-state index in [1.807, 2.05) is 30.3 Å². The van der Waals surface area contributed by atoms with Crippen molar-refractivity contribution in [1.29, 1.82) is 0 Å². The number of aryl methyl sites for hydroxylation is 1. The van der Waals surface area contributed by atoms with E-state index >= 15 is 0 Å². The number of rotatable bonds is 7. The summed E-state index contributed by atoms with van der Waals surface area (Å²) in [4.78, 5) is 11.7. The molecule has 2 N–H and O–H groups in total. The Morgan fingerprint density at radius 1 is 0.909 bits per heavy atom. The van der Waals surface area contributed by atoms with Crippen LogP contribution < -0.4 is 10.6 Å². The molecule has 3 nitrogen and oxygen atoms in total. The number of urea groups is 1. The van der Waals surface area contributed by atoms with E-state index in [-0.39, 0.29) is 6.03 Å². The van der Waals surface area contributed by atoms with E-state index in [4.69, 9.17) is 0 Å². The normalized spacial score (nSPS) is 10.2. The van der Waals surface area contributed by atoms with E-state index in [0.29, 0.717) is 13.1 Å². The van der Waals surface area contributed by atoms with E-state index in [9.17, 15) is 4.79 Å². The zero-order valence-corrected chi connectivity index (χ0v) is 14.1. The molecule has 2 rings (SSSR count). The van der Waals surface area contributed by atoms with E-state index in [0.717, 1.165) is 29.3 Å².